The average molecular weight is 446 g/mol. The third-order valence-corrected chi connectivity index (χ3v) is 5.36. The summed E-state index contributed by atoms with van der Waals surface area (Å²) in [6.07, 6.45) is 0. The third-order valence-electron chi connectivity index (χ3n) is 4.24. The summed E-state index contributed by atoms with van der Waals surface area (Å²) >= 11 is 18.0. The summed E-state index contributed by atoms with van der Waals surface area (Å²) < 4.78 is 11.7. The van der Waals surface area contributed by atoms with Crippen molar-refractivity contribution in [3.05, 3.63) is 93.5 Å². The lowest BCUT2D eigenvalue weighted by molar-refractivity contribution is 0.269. The lowest BCUT2D eigenvalue weighted by atomic mass is 10.1. The fourth-order valence-electron chi connectivity index (χ4n) is 2.73. The molecule has 0 atom stereocenters. The van der Waals surface area contributed by atoms with Crippen LogP contribution in [0.2, 0.25) is 10.0 Å². The molecule has 0 aliphatic rings. The molecule has 3 aromatic carbocycles. The van der Waals surface area contributed by atoms with Crippen LogP contribution in [0.15, 0.2) is 66.7 Å². The van der Waals surface area contributed by atoms with Gasteiger partial charge in [-0.15, -0.1) is 0 Å². The molecular weight excluding hydrogens is 425 g/mol. The Hall–Kier alpha value is -2.27. The van der Waals surface area contributed by atoms with Gasteiger partial charge in [0.1, 0.15) is 11.6 Å². The minimum atomic E-state index is 0.355. The fraction of sp³-hybridized carbons (Fsp3) is 0.174. The van der Waals surface area contributed by atoms with Gasteiger partial charge in [0.15, 0.2) is 11.5 Å². The van der Waals surface area contributed by atoms with Crippen LogP contribution in [-0.4, -0.2) is 11.6 Å². The van der Waals surface area contributed by atoms with Crippen LogP contribution in [-0.2, 0) is 13.2 Å². The number of hydrogen-bond donors (Lipinski definition) is 1. The molecule has 0 radical (unpaired) electrons. The summed E-state index contributed by atoms with van der Waals surface area (Å²) in [6, 6.07) is 20.9. The molecule has 3 aromatic rings. The Bertz CT molecular complexity index is 994. The standard InChI is InChI=1S/C23H21Cl2NO2S/c1-2-27-22-13-16(23(29)26-14-17-7-3-5-9-19(17)24)11-12-21(22)28-15-18-8-4-6-10-20(18)25/h3-13H,2,14-15H2,1H3,(H,26,29). The van der Waals surface area contributed by atoms with Gasteiger partial charge < -0.3 is 14.8 Å². The first-order valence-electron chi connectivity index (χ1n) is 9.23. The molecule has 0 heterocycles. The van der Waals surface area contributed by atoms with Gasteiger partial charge in [-0.3, -0.25) is 0 Å². The molecule has 0 saturated carbocycles. The van der Waals surface area contributed by atoms with Gasteiger partial charge in [-0.1, -0.05) is 71.8 Å². The number of halogens is 2. The van der Waals surface area contributed by atoms with E-state index in [1.54, 1.807) is 0 Å². The lowest BCUT2D eigenvalue weighted by Crippen LogP contribution is -2.22. The van der Waals surface area contributed by atoms with E-state index in [1.165, 1.54) is 0 Å². The molecule has 0 saturated heterocycles. The van der Waals surface area contributed by atoms with Gasteiger partial charge in [0.25, 0.3) is 0 Å². The minimum absolute atomic E-state index is 0.355. The maximum absolute atomic E-state index is 6.21. The van der Waals surface area contributed by atoms with Crippen molar-refractivity contribution in [2.24, 2.45) is 0 Å². The Morgan fingerprint density at radius 3 is 2.17 bits per heavy atom. The normalized spacial score (nSPS) is 10.4. The highest BCUT2D eigenvalue weighted by atomic mass is 35.5. The molecule has 0 spiro atoms. The van der Waals surface area contributed by atoms with Crippen molar-refractivity contribution in [1.29, 1.82) is 0 Å². The van der Waals surface area contributed by atoms with Gasteiger partial charge in [0.2, 0.25) is 0 Å². The second-order valence-corrected chi connectivity index (χ2v) is 7.47. The van der Waals surface area contributed by atoms with Gasteiger partial charge in [0.05, 0.1) is 6.61 Å². The zero-order valence-electron chi connectivity index (χ0n) is 16.0. The van der Waals surface area contributed by atoms with E-state index in [0.717, 1.165) is 16.7 Å². The van der Waals surface area contributed by atoms with Crippen molar-refractivity contribution in [3.63, 3.8) is 0 Å². The second kappa shape index (κ2) is 10.5. The second-order valence-electron chi connectivity index (χ2n) is 6.25. The van der Waals surface area contributed by atoms with E-state index in [1.807, 2.05) is 73.7 Å². The molecule has 6 heteroatoms. The van der Waals surface area contributed by atoms with E-state index in [-0.39, 0.29) is 0 Å². The number of rotatable bonds is 8. The zero-order valence-corrected chi connectivity index (χ0v) is 18.3. The quantitative estimate of drug-likeness (QED) is 0.404. The Balaban J connectivity index is 1.70. The maximum atomic E-state index is 6.21. The number of benzene rings is 3. The van der Waals surface area contributed by atoms with Crippen LogP contribution >= 0.6 is 35.4 Å². The molecule has 0 bridgehead atoms. The fourth-order valence-corrected chi connectivity index (χ4v) is 3.32. The molecule has 0 unspecified atom stereocenters. The van der Waals surface area contributed by atoms with Crippen LogP contribution < -0.4 is 14.8 Å². The van der Waals surface area contributed by atoms with Crippen LogP contribution in [0.4, 0.5) is 0 Å². The van der Waals surface area contributed by atoms with E-state index in [0.29, 0.717) is 46.3 Å². The molecule has 150 valence electrons. The molecule has 0 fully saturated rings. The minimum Gasteiger partial charge on any atom is -0.490 e. The first-order chi connectivity index (χ1) is 14.1. The van der Waals surface area contributed by atoms with Gasteiger partial charge in [-0.2, -0.15) is 0 Å². The van der Waals surface area contributed by atoms with Gasteiger partial charge in [-0.25, -0.2) is 0 Å². The summed E-state index contributed by atoms with van der Waals surface area (Å²) in [5, 5.41) is 4.63. The predicted molar refractivity (Wildman–Crippen MR) is 123 cm³/mol. The van der Waals surface area contributed by atoms with E-state index in [4.69, 9.17) is 44.9 Å². The molecular formula is C23H21Cl2NO2S. The molecule has 0 aliphatic heterocycles. The van der Waals surface area contributed by atoms with Crippen LogP contribution in [0.25, 0.3) is 0 Å². The Morgan fingerprint density at radius 1 is 0.862 bits per heavy atom. The summed E-state index contributed by atoms with van der Waals surface area (Å²) in [7, 11) is 0. The zero-order chi connectivity index (χ0) is 20.6. The highest BCUT2D eigenvalue weighted by Crippen LogP contribution is 2.30. The topological polar surface area (TPSA) is 30.5 Å². The SMILES string of the molecule is CCOc1cc(C(=S)NCc2ccccc2Cl)ccc1OCc1ccccc1Cl. The van der Waals surface area contributed by atoms with Crippen molar-refractivity contribution in [1.82, 2.24) is 5.32 Å². The van der Waals surface area contributed by atoms with Gasteiger partial charge in [0, 0.05) is 27.7 Å². The first-order valence-corrected chi connectivity index (χ1v) is 10.4. The summed E-state index contributed by atoms with van der Waals surface area (Å²) in [5.41, 5.74) is 2.75. The third kappa shape index (κ3) is 5.86. The van der Waals surface area contributed by atoms with Gasteiger partial charge in [-0.05, 0) is 42.8 Å². The lowest BCUT2D eigenvalue weighted by Gasteiger charge is -2.15. The van der Waals surface area contributed by atoms with Gasteiger partial charge >= 0.3 is 0 Å². The Labute approximate surface area is 186 Å². The number of thiocarbonyl (C=S) groups is 1. The van der Waals surface area contributed by atoms with Crippen LogP contribution in [0.5, 0.6) is 11.5 Å². The number of nitrogens with one attached hydrogen (secondary N) is 1. The number of ether oxygens (including phenoxy) is 2. The Morgan fingerprint density at radius 2 is 1.52 bits per heavy atom. The molecule has 0 amide bonds. The molecule has 3 rings (SSSR count). The molecule has 3 nitrogen and oxygen atoms in total. The van der Waals surface area contributed by atoms with Crippen LogP contribution in [0.3, 0.4) is 0 Å². The largest absolute Gasteiger partial charge is 0.490 e. The predicted octanol–water partition coefficient (Wildman–Crippen LogP) is 6.44. The molecule has 1 N–H and O–H groups in total. The van der Waals surface area contributed by atoms with Crippen molar-refractivity contribution < 1.29 is 9.47 Å². The van der Waals surface area contributed by atoms with Crippen molar-refractivity contribution in [2.45, 2.75) is 20.1 Å². The first kappa shape index (κ1) is 21.4. The highest BCUT2D eigenvalue weighted by molar-refractivity contribution is 7.80. The molecule has 0 aliphatic carbocycles. The summed E-state index contributed by atoms with van der Waals surface area (Å²) in [4.78, 5) is 0.614. The average Bonchev–Trinajstić information content (AvgIpc) is 2.73. The summed E-state index contributed by atoms with van der Waals surface area (Å²) in [5.74, 6) is 1.28. The van der Waals surface area contributed by atoms with Crippen LogP contribution in [0.1, 0.15) is 23.6 Å². The highest BCUT2D eigenvalue weighted by Gasteiger charge is 2.11. The molecule has 29 heavy (non-hydrogen) atoms. The maximum Gasteiger partial charge on any atom is 0.161 e. The van der Waals surface area contributed by atoms with E-state index >= 15 is 0 Å². The smallest absolute Gasteiger partial charge is 0.161 e. The van der Waals surface area contributed by atoms with Crippen LogP contribution in [0, 0.1) is 0 Å². The van der Waals surface area contributed by atoms with E-state index in [2.05, 4.69) is 5.32 Å². The van der Waals surface area contributed by atoms with Crippen molar-refractivity contribution >= 4 is 40.4 Å². The van der Waals surface area contributed by atoms with Crippen molar-refractivity contribution in [3.8, 4) is 11.5 Å². The Kier molecular flexibility index (Phi) is 7.76. The van der Waals surface area contributed by atoms with E-state index < -0.39 is 0 Å². The van der Waals surface area contributed by atoms with E-state index in [9.17, 15) is 0 Å². The summed E-state index contributed by atoms with van der Waals surface area (Å²) in [6.45, 7) is 3.35. The molecule has 0 aromatic heterocycles. The van der Waals surface area contributed by atoms with Crippen molar-refractivity contribution in [2.75, 3.05) is 6.61 Å². The monoisotopic (exact) mass is 445 g/mol. The number of hydrogen-bond acceptors (Lipinski definition) is 3.